The molecule has 0 aromatic heterocycles. The van der Waals surface area contributed by atoms with E-state index in [4.69, 9.17) is 14.2 Å². The summed E-state index contributed by atoms with van der Waals surface area (Å²) in [5.41, 5.74) is 0. The second-order valence-electron chi connectivity index (χ2n) is 16.0. The van der Waals surface area contributed by atoms with Gasteiger partial charge in [0.25, 0.3) is 0 Å². The van der Waals surface area contributed by atoms with Crippen LogP contribution in [-0.4, -0.2) is 37.2 Å². The van der Waals surface area contributed by atoms with Gasteiger partial charge in [-0.15, -0.1) is 0 Å². The highest BCUT2D eigenvalue weighted by Gasteiger charge is 2.19. The van der Waals surface area contributed by atoms with Crippen LogP contribution in [0.1, 0.15) is 265 Å². The van der Waals surface area contributed by atoms with Crippen molar-refractivity contribution in [3.8, 4) is 0 Å². The molecule has 0 heterocycles. The third-order valence-electron chi connectivity index (χ3n) is 10.6. The fraction of sp³-hybridized carbons (Fsp3) is 0.936. The molecule has 0 aromatic rings. The van der Waals surface area contributed by atoms with Crippen molar-refractivity contribution in [3.63, 3.8) is 0 Å². The molecule has 0 bridgehead atoms. The van der Waals surface area contributed by atoms with Crippen molar-refractivity contribution in [2.45, 2.75) is 271 Å². The molecule has 0 aliphatic rings. The third-order valence-corrected chi connectivity index (χ3v) is 10.6. The van der Waals surface area contributed by atoms with Gasteiger partial charge in [0.05, 0.1) is 0 Å². The summed E-state index contributed by atoms with van der Waals surface area (Å²) < 4.78 is 16.7. The van der Waals surface area contributed by atoms with E-state index >= 15 is 0 Å². The third kappa shape index (κ3) is 41.4. The first-order valence-corrected chi connectivity index (χ1v) is 23.5. The van der Waals surface area contributed by atoms with Crippen molar-refractivity contribution in [2.75, 3.05) is 13.2 Å². The van der Waals surface area contributed by atoms with Gasteiger partial charge in [-0.1, -0.05) is 226 Å². The number of carbonyl (C=O) groups is 3. The van der Waals surface area contributed by atoms with Crippen LogP contribution in [0.2, 0.25) is 0 Å². The Bertz CT molecular complexity index is 783. The standard InChI is InChI=1S/C47H90O6/c1-4-7-10-13-16-19-20-21-22-23-24-25-26-29-31-34-37-40-46(49)52-43-44(53-47(50)41-38-35-32-28-18-15-12-9-6-3)42-51-45(48)39-36-33-30-27-17-14-11-8-5-2/h44H,4-43H2,1-3H3. The SMILES string of the molecule is CCCCCCCCCCCCCCCCCCCC(=O)OCC(COC(=O)CCCCCCCCCCC)OC(=O)CCCCCCCCCCC. The largest absolute Gasteiger partial charge is 0.462 e. The highest BCUT2D eigenvalue weighted by atomic mass is 16.6. The molecule has 1 atom stereocenters. The number of ether oxygens (including phenoxy) is 3. The summed E-state index contributed by atoms with van der Waals surface area (Å²) in [5.74, 6) is -0.855. The highest BCUT2D eigenvalue weighted by Crippen LogP contribution is 2.16. The van der Waals surface area contributed by atoms with E-state index in [1.54, 1.807) is 0 Å². The molecular weight excluding hydrogens is 661 g/mol. The van der Waals surface area contributed by atoms with Gasteiger partial charge in [-0.05, 0) is 19.3 Å². The van der Waals surface area contributed by atoms with Crippen molar-refractivity contribution in [3.05, 3.63) is 0 Å². The van der Waals surface area contributed by atoms with Gasteiger partial charge in [-0.25, -0.2) is 0 Å². The Balaban J connectivity index is 4.21. The lowest BCUT2D eigenvalue weighted by Crippen LogP contribution is -2.30. The number of carbonyl (C=O) groups excluding carboxylic acids is 3. The van der Waals surface area contributed by atoms with Crippen LogP contribution in [0.5, 0.6) is 0 Å². The molecule has 0 spiro atoms. The smallest absolute Gasteiger partial charge is 0.306 e. The Hall–Kier alpha value is -1.59. The minimum absolute atomic E-state index is 0.0629. The summed E-state index contributed by atoms with van der Waals surface area (Å²) in [7, 11) is 0. The first-order chi connectivity index (χ1) is 26.0. The molecule has 6 heteroatoms. The Morgan fingerprint density at radius 2 is 0.509 bits per heavy atom. The van der Waals surface area contributed by atoms with Gasteiger partial charge in [0, 0.05) is 19.3 Å². The predicted octanol–water partition coefficient (Wildman–Crippen LogP) is 14.9. The molecule has 0 saturated carbocycles. The highest BCUT2D eigenvalue weighted by molar-refractivity contribution is 5.71. The van der Waals surface area contributed by atoms with E-state index in [1.807, 2.05) is 0 Å². The molecule has 6 nitrogen and oxygen atoms in total. The van der Waals surface area contributed by atoms with Gasteiger partial charge < -0.3 is 14.2 Å². The van der Waals surface area contributed by atoms with Crippen LogP contribution in [0.25, 0.3) is 0 Å². The molecule has 0 aromatic carbocycles. The van der Waals surface area contributed by atoms with E-state index in [0.717, 1.165) is 57.8 Å². The average Bonchev–Trinajstić information content (AvgIpc) is 3.15. The van der Waals surface area contributed by atoms with Crippen LogP contribution in [0.3, 0.4) is 0 Å². The summed E-state index contributed by atoms with van der Waals surface area (Å²) in [6.07, 6.45) is 43.8. The molecule has 0 aliphatic carbocycles. The van der Waals surface area contributed by atoms with Crippen molar-refractivity contribution in [1.82, 2.24) is 0 Å². The van der Waals surface area contributed by atoms with Gasteiger partial charge in [0.2, 0.25) is 0 Å². The maximum absolute atomic E-state index is 12.6. The summed E-state index contributed by atoms with van der Waals surface area (Å²) in [6, 6.07) is 0. The molecule has 1 unspecified atom stereocenters. The fourth-order valence-electron chi connectivity index (χ4n) is 7.03. The molecule has 0 saturated heterocycles. The molecule has 0 fully saturated rings. The van der Waals surface area contributed by atoms with Crippen LogP contribution in [0, 0.1) is 0 Å². The fourth-order valence-corrected chi connectivity index (χ4v) is 7.03. The van der Waals surface area contributed by atoms with Gasteiger partial charge in [-0.3, -0.25) is 14.4 Å². The first-order valence-electron chi connectivity index (χ1n) is 23.5. The van der Waals surface area contributed by atoms with E-state index < -0.39 is 6.10 Å². The number of esters is 3. The zero-order valence-electron chi connectivity index (χ0n) is 35.8. The second kappa shape index (κ2) is 43.1. The summed E-state index contributed by atoms with van der Waals surface area (Å²) >= 11 is 0. The lowest BCUT2D eigenvalue weighted by molar-refractivity contribution is -0.167. The lowest BCUT2D eigenvalue weighted by atomic mass is 10.0. The Morgan fingerprint density at radius 3 is 0.755 bits per heavy atom. The predicted molar refractivity (Wildman–Crippen MR) is 224 cm³/mol. The van der Waals surface area contributed by atoms with Gasteiger partial charge in [0.15, 0.2) is 6.10 Å². The Labute approximate surface area is 329 Å². The number of hydrogen-bond donors (Lipinski definition) is 0. The Kier molecular flexibility index (Phi) is 41.8. The van der Waals surface area contributed by atoms with Crippen molar-refractivity contribution in [2.24, 2.45) is 0 Å². The van der Waals surface area contributed by atoms with Crippen LogP contribution in [0.15, 0.2) is 0 Å². The molecule has 0 N–H and O–H groups in total. The molecule has 0 amide bonds. The van der Waals surface area contributed by atoms with Crippen molar-refractivity contribution < 1.29 is 28.6 Å². The maximum Gasteiger partial charge on any atom is 0.306 e. The molecule has 314 valence electrons. The van der Waals surface area contributed by atoms with Crippen LogP contribution >= 0.6 is 0 Å². The molecule has 0 aliphatic heterocycles. The summed E-state index contributed by atoms with van der Waals surface area (Å²) in [6.45, 7) is 6.62. The number of unbranched alkanes of at least 4 members (excludes halogenated alkanes) is 32. The Morgan fingerprint density at radius 1 is 0.302 bits per heavy atom. The van der Waals surface area contributed by atoms with E-state index in [1.165, 1.54) is 167 Å². The van der Waals surface area contributed by atoms with E-state index in [2.05, 4.69) is 20.8 Å². The summed E-state index contributed by atoms with van der Waals surface area (Å²) in [4.78, 5) is 37.6. The first kappa shape index (κ1) is 51.4. The van der Waals surface area contributed by atoms with E-state index in [0.29, 0.717) is 19.3 Å². The van der Waals surface area contributed by atoms with Gasteiger partial charge >= 0.3 is 17.9 Å². The number of rotatable bonds is 43. The lowest BCUT2D eigenvalue weighted by Gasteiger charge is -2.18. The van der Waals surface area contributed by atoms with Crippen LogP contribution in [-0.2, 0) is 28.6 Å². The van der Waals surface area contributed by atoms with Crippen molar-refractivity contribution in [1.29, 1.82) is 0 Å². The zero-order chi connectivity index (χ0) is 38.7. The molecule has 0 radical (unpaired) electrons. The van der Waals surface area contributed by atoms with Gasteiger partial charge in [0.1, 0.15) is 13.2 Å². The number of hydrogen-bond acceptors (Lipinski definition) is 6. The van der Waals surface area contributed by atoms with Crippen LogP contribution < -0.4 is 0 Å². The molecule has 53 heavy (non-hydrogen) atoms. The van der Waals surface area contributed by atoms with E-state index in [-0.39, 0.29) is 31.1 Å². The van der Waals surface area contributed by atoms with Crippen LogP contribution in [0.4, 0.5) is 0 Å². The second-order valence-corrected chi connectivity index (χ2v) is 16.0. The normalized spacial score (nSPS) is 11.8. The average molecular weight is 751 g/mol. The van der Waals surface area contributed by atoms with E-state index in [9.17, 15) is 14.4 Å². The zero-order valence-corrected chi connectivity index (χ0v) is 35.8. The van der Waals surface area contributed by atoms with Crippen molar-refractivity contribution >= 4 is 17.9 Å². The molecular formula is C47H90O6. The van der Waals surface area contributed by atoms with Gasteiger partial charge in [-0.2, -0.15) is 0 Å². The maximum atomic E-state index is 12.6. The molecule has 0 rings (SSSR count). The minimum atomic E-state index is -0.757. The summed E-state index contributed by atoms with van der Waals surface area (Å²) in [5, 5.41) is 0. The monoisotopic (exact) mass is 751 g/mol. The topological polar surface area (TPSA) is 78.9 Å². The quantitative estimate of drug-likeness (QED) is 0.0351. The minimum Gasteiger partial charge on any atom is -0.462 e.